The number of nitrogens with zero attached hydrogens (tertiary/aromatic N) is 3. The van der Waals surface area contributed by atoms with Gasteiger partial charge in [-0.25, -0.2) is 18.5 Å². The van der Waals surface area contributed by atoms with Gasteiger partial charge in [-0.05, 0) is 12.8 Å². The molecule has 1 rings (SSSR count). The predicted molar refractivity (Wildman–Crippen MR) is 65.0 cm³/mol. The molecule has 0 atom stereocenters. The first-order chi connectivity index (χ1) is 8.12. The van der Waals surface area contributed by atoms with Crippen LogP contribution in [-0.2, 0) is 10.0 Å². The number of aromatic nitrogens is 3. The monoisotopic (exact) mass is 260 g/mol. The van der Waals surface area contributed by atoms with E-state index in [9.17, 15) is 8.42 Å². The van der Waals surface area contributed by atoms with E-state index >= 15 is 0 Å². The maximum Gasteiger partial charge on any atom is 0.278 e. The molecular formula is C10H20N4O2S. The minimum atomic E-state index is -3.50. The molecule has 0 saturated carbocycles. The van der Waals surface area contributed by atoms with E-state index in [2.05, 4.69) is 22.1 Å². The van der Waals surface area contributed by atoms with Crippen molar-refractivity contribution in [2.75, 3.05) is 13.1 Å². The second kappa shape index (κ2) is 6.70. The molecule has 98 valence electrons. The van der Waals surface area contributed by atoms with Crippen LogP contribution < -0.4 is 0 Å². The summed E-state index contributed by atoms with van der Waals surface area (Å²) in [5.41, 5.74) is 0. The Hall–Kier alpha value is -0.950. The zero-order valence-electron chi connectivity index (χ0n) is 10.4. The van der Waals surface area contributed by atoms with Crippen LogP contribution in [0.15, 0.2) is 11.5 Å². The van der Waals surface area contributed by atoms with E-state index in [0.29, 0.717) is 13.1 Å². The lowest BCUT2D eigenvalue weighted by Gasteiger charge is -2.19. The SMILES string of the molecule is CCCCCN(CCC)S(=O)(=O)c1ncn[nH]1. The van der Waals surface area contributed by atoms with Crippen LogP contribution in [0.1, 0.15) is 39.5 Å². The largest absolute Gasteiger partial charge is 0.278 e. The lowest BCUT2D eigenvalue weighted by atomic mass is 10.2. The third-order valence-electron chi connectivity index (χ3n) is 2.46. The van der Waals surface area contributed by atoms with E-state index < -0.39 is 10.0 Å². The summed E-state index contributed by atoms with van der Waals surface area (Å²) in [5.74, 6) is 0. The molecule has 0 aliphatic rings. The molecule has 0 saturated heterocycles. The highest BCUT2D eigenvalue weighted by molar-refractivity contribution is 7.88. The molecule has 1 aromatic rings. The number of rotatable bonds is 8. The van der Waals surface area contributed by atoms with Gasteiger partial charge in [0, 0.05) is 13.1 Å². The Morgan fingerprint density at radius 3 is 2.53 bits per heavy atom. The van der Waals surface area contributed by atoms with Crippen LogP contribution in [0, 0.1) is 0 Å². The summed E-state index contributed by atoms with van der Waals surface area (Å²) < 4.78 is 25.8. The van der Waals surface area contributed by atoms with E-state index in [1.165, 1.54) is 10.6 Å². The Labute approximate surface area is 102 Å². The molecule has 0 spiro atoms. The maximum atomic E-state index is 12.2. The quantitative estimate of drug-likeness (QED) is 0.716. The first-order valence-corrected chi connectivity index (χ1v) is 7.42. The third-order valence-corrected chi connectivity index (χ3v) is 4.19. The maximum absolute atomic E-state index is 12.2. The molecule has 0 aromatic carbocycles. The molecule has 0 unspecified atom stereocenters. The average Bonchev–Trinajstić information content (AvgIpc) is 2.82. The smallest absolute Gasteiger partial charge is 0.249 e. The molecule has 0 fully saturated rings. The minimum absolute atomic E-state index is 0.0672. The summed E-state index contributed by atoms with van der Waals surface area (Å²) in [6.07, 6.45) is 4.99. The molecule has 17 heavy (non-hydrogen) atoms. The highest BCUT2D eigenvalue weighted by Crippen LogP contribution is 2.12. The van der Waals surface area contributed by atoms with Crippen molar-refractivity contribution in [2.45, 2.75) is 44.7 Å². The molecule has 0 bridgehead atoms. The normalized spacial score (nSPS) is 12.2. The van der Waals surface area contributed by atoms with Crippen molar-refractivity contribution >= 4 is 10.0 Å². The summed E-state index contributed by atoms with van der Waals surface area (Å²) in [4.78, 5) is 3.72. The van der Waals surface area contributed by atoms with Crippen molar-refractivity contribution in [3.05, 3.63) is 6.33 Å². The van der Waals surface area contributed by atoms with Crippen molar-refractivity contribution in [1.82, 2.24) is 19.5 Å². The Morgan fingerprint density at radius 1 is 1.24 bits per heavy atom. The van der Waals surface area contributed by atoms with Crippen LogP contribution in [0.25, 0.3) is 0 Å². The van der Waals surface area contributed by atoms with Gasteiger partial charge in [-0.15, -0.1) is 0 Å². The highest BCUT2D eigenvalue weighted by atomic mass is 32.2. The van der Waals surface area contributed by atoms with Gasteiger partial charge in [-0.3, -0.25) is 0 Å². The number of nitrogens with one attached hydrogen (secondary N) is 1. The Kier molecular flexibility index (Phi) is 5.57. The molecule has 7 heteroatoms. The molecule has 6 nitrogen and oxygen atoms in total. The Balaban J connectivity index is 2.75. The Morgan fingerprint density at radius 2 is 2.00 bits per heavy atom. The van der Waals surface area contributed by atoms with Crippen molar-refractivity contribution in [1.29, 1.82) is 0 Å². The van der Waals surface area contributed by atoms with Gasteiger partial charge in [-0.2, -0.15) is 9.40 Å². The summed E-state index contributed by atoms with van der Waals surface area (Å²) in [6, 6.07) is 0. The molecule has 0 amide bonds. The predicted octanol–water partition coefficient (Wildman–Crippen LogP) is 1.40. The molecule has 1 aromatic heterocycles. The second-order valence-corrected chi connectivity index (χ2v) is 5.76. The van der Waals surface area contributed by atoms with Crippen LogP contribution in [0.4, 0.5) is 0 Å². The van der Waals surface area contributed by atoms with Gasteiger partial charge in [0.15, 0.2) is 0 Å². The van der Waals surface area contributed by atoms with Crippen molar-refractivity contribution in [3.8, 4) is 0 Å². The number of hydrogen-bond donors (Lipinski definition) is 1. The van der Waals surface area contributed by atoms with E-state index in [1.807, 2.05) is 6.92 Å². The lowest BCUT2D eigenvalue weighted by Crippen LogP contribution is -2.33. The number of sulfonamides is 1. The molecule has 0 aliphatic carbocycles. The van der Waals surface area contributed by atoms with E-state index in [0.717, 1.165) is 25.7 Å². The van der Waals surface area contributed by atoms with Gasteiger partial charge < -0.3 is 0 Å². The average molecular weight is 260 g/mol. The summed E-state index contributed by atoms with van der Waals surface area (Å²) >= 11 is 0. The fourth-order valence-corrected chi connectivity index (χ4v) is 2.97. The van der Waals surface area contributed by atoms with Gasteiger partial charge in [0.05, 0.1) is 0 Å². The van der Waals surface area contributed by atoms with Crippen molar-refractivity contribution in [2.24, 2.45) is 0 Å². The summed E-state index contributed by atoms with van der Waals surface area (Å²) in [7, 11) is -3.50. The zero-order valence-corrected chi connectivity index (χ0v) is 11.2. The van der Waals surface area contributed by atoms with Crippen LogP contribution in [0.5, 0.6) is 0 Å². The number of hydrogen-bond acceptors (Lipinski definition) is 4. The highest BCUT2D eigenvalue weighted by Gasteiger charge is 2.25. The summed E-state index contributed by atoms with van der Waals surface area (Å²) in [6.45, 7) is 5.12. The first-order valence-electron chi connectivity index (χ1n) is 5.98. The third kappa shape index (κ3) is 3.78. The fraction of sp³-hybridized carbons (Fsp3) is 0.800. The van der Waals surface area contributed by atoms with Crippen LogP contribution in [0.2, 0.25) is 0 Å². The first kappa shape index (κ1) is 14.1. The standard InChI is InChI=1S/C10H20N4O2S/c1-3-5-6-8-14(7-4-2)17(15,16)10-11-9-12-13-10/h9H,3-8H2,1-2H3,(H,11,12,13). The van der Waals surface area contributed by atoms with Gasteiger partial charge in [0.2, 0.25) is 0 Å². The molecule has 1 heterocycles. The van der Waals surface area contributed by atoms with Crippen molar-refractivity contribution < 1.29 is 8.42 Å². The van der Waals surface area contributed by atoms with E-state index in [1.54, 1.807) is 0 Å². The summed E-state index contributed by atoms with van der Waals surface area (Å²) in [5, 5.41) is 5.93. The van der Waals surface area contributed by atoms with Gasteiger partial charge in [-0.1, -0.05) is 26.7 Å². The van der Waals surface area contributed by atoms with Crippen LogP contribution in [0.3, 0.4) is 0 Å². The van der Waals surface area contributed by atoms with Gasteiger partial charge >= 0.3 is 0 Å². The van der Waals surface area contributed by atoms with E-state index in [-0.39, 0.29) is 5.16 Å². The van der Waals surface area contributed by atoms with E-state index in [4.69, 9.17) is 0 Å². The van der Waals surface area contributed by atoms with Crippen molar-refractivity contribution in [3.63, 3.8) is 0 Å². The molecule has 0 aliphatic heterocycles. The lowest BCUT2D eigenvalue weighted by molar-refractivity contribution is 0.395. The fourth-order valence-electron chi connectivity index (χ4n) is 1.58. The van der Waals surface area contributed by atoms with Crippen LogP contribution in [-0.4, -0.2) is 41.0 Å². The second-order valence-electron chi connectivity index (χ2n) is 3.90. The molecule has 1 N–H and O–H groups in total. The number of H-pyrrole nitrogens is 1. The zero-order chi connectivity index (χ0) is 12.7. The molecule has 0 radical (unpaired) electrons. The van der Waals surface area contributed by atoms with Gasteiger partial charge in [0.1, 0.15) is 6.33 Å². The van der Waals surface area contributed by atoms with Gasteiger partial charge in [0.25, 0.3) is 15.2 Å². The number of unbranched alkanes of at least 4 members (excludes halogenated alkanes) is 2. The minimum Gasteiger partial charge on any atom is -0.249 e. The van der Waals surface area contributed by atoms with Crippen LogP contribution >= 0.6 is 0 Å². The Bertz CT molecular complexity index is 402. The number of aromatic amines is 1. The topological polar surface area (TPSA) is 79.0 Å². The molecular weight excluding hydrogens is 240 g/mol.